The summed E-state index contributed by atoms with van der Waals surface area (Å²) in [5.74, 6) is -2.14. The number of carbonyl (C=O) groups excluding carboxylic acids is 1. The smallest absolute Gasteiger partial charge is 0.416 e. The van der Waals surface area contributed by atoms with E-state index in [9.17, 15) is 26.7 Å². The van der Waals surface area contributed by atoms with Crippen LogP contribution in [0.3, 0.4) is 0 Å². The maximum Gasteiger partial charge on any atom is 0.416 e. The first-order valence-corrected chi connectivity index (χ1v) is 10.3. The van der Waals surface area contributed by atoms with Gasteiger partial charge in [-0.05, 0) is 65.6 Å². The largest absolute Gasteiger partial charge is 0.493 e. The molecular formula is C25H20F5NO3. The molecule has 34 heavy (non-hydrogen) atoms. The van der Waals surface area contributed by atoms with Crippen molar-refractivity contribution in [1.82, 2.24) is 4.90 Å². The lowest BCUT2D eigenvalue weighted by molar-refractivity contribution is -0.137. The van der Waals surface area contributed by atoms with Crippen molar-refractivity contribution in [3.05, 3.63) is 94.0 Å². The molecule has 9 heteroatoms. The number of fused-ring (bicyclic) bond motifs is 1. The van der Waals surface area contributed by atoms with Crippen molar-refractivity contribution in [2.45, 2.75) is 18.6 Å². The molecule has 0 radical (unpaired) electrons. The van der Waals surface area contributed by atoms with Gasteiger partial charge in [-0.3, -0.25) is 4.79 Å². The monoisotopic (exact) mass is 477 g/mol. The van der Waals surface area contributed by atoms with Gasteiger partial charge in [0.05, 0.1) is 25.8 Å². The standard InChI is InChI=1S/C25H20F5NO3/c1-33-21-12-14-8-9-31(24(32)16-6-7-19(26)20(27)11-16)23(18(14)13-22(21)34-2)15-4-3-5-17(10-15)25(28,29)30/h3-7,10-13,23H,8-9H2,1-2H3/t23-/m0/s1. The van der Waals surface area contributed by atoms with E-state index < -0.39 is 35.3 Å². The molecule has 1 amide bonds. The Morgan fingerprint density at radius 3 is 2.29 bits per heavy atom. The van der Waals surface area contributed by atoms with Crippen molar-refractivity contribution >= 4 is 5.91 Å². The van der Waals surface area contributed by atoms with E-state index in [2.05, 4.69) is 0 Å². The predicted molar refractivity (Wildman–Crippen MR) is 114 cm³/mol. The molecule has 4 rings (SSSR count). The van der Waals surface area contributed by atoms with Crippen LogP contribution in [0.15, 0.2) is 54.6 Å². The third kappa shape index (κ3) is 4.30. The molecule has 0 aliphatic carbocycles. The minimum atomic E-state index is -4.58. The van der Waals surface area contributed by atoms with E-state index in [1.807, 2.05) is 0 Å². The van der Waals surface area contributed by atoms with Gasteiger partial charge < -0.3 is 14.4 Å². The fourth-order valence-electron chi connectivity index (χ4n) is 4.20. The van der Waals surface area contributed by atoms with Gasteiger partial charge in [0.2, 0.25) is 0 Å². The van der Waals surface area contributed by atoms with Crippen molar-refractivity contribution in [3.8, 4) is 11.5 Å². The third-order valence-electron chi connectivity index (χ3n) is 5.83. The average Bonchev–Trinajstić information content (AvgIpc) is 2.83. The van der Waals surface area contributed by atoms with E-state index in [1.165, 1.54) is 31.3 Å². The Labute approximate surface area is 192 Å². The summed E-state index contributed by atoms with van der Waals surface area (Å²) >= 11 is 0. The molecule has 3 aromatic rings. The predicted octanol–water partition coefficient (Wildman–Crippen LogP) is 5.79. The number of carbonyl (C=O) groups is 1. The number of hydrogen-bond donors (Lipinski definition) is 0. The van der Waals surface area contributed by atoms with Crippen molar-refractivity contribution in [2.24, 2.45) is 0 Å². The molecule has 0 spiro atoms. The highest BCUT2D eigenvalue weighted by Gasteiger charge is 2.36. The second-order valence-corrected chi connectivity index (χ2v) is 7.81. The molecule has 4 nitrogen and oxygen atoms in total. The minimum Gasteiger partial charge on any atom is -0.493 e. The van der Waals surface area contributed by atoms with E-state index >= 15 is 0 Å². The van der Waals surface area contributed by atoms with Crippen LogP contribution < -0.4 is 9.47 Å². The van der Waals surface area contributed by atoms with Crippen LogP contribution >= 0.6 is 0 Å². The molecule has 0 aromatic heterocycles. The Bertz CT molecular complexity index is 1240. The van der Waals surface area contributed by atoms with Crippen LogP contribution in [0.1, 0.15) is 38.7 Å². The summed E-state index contributed by atoms with van der Waals surface area (Å²) in [7, 11) is 2.90. The summed E-state index contributed by atoms with van der Waals surface area (Å²) in [4.78, 5) is 14.7. The highest BCUT2D eigenvalue weighted by molar-refractivity contribution is 5.95. The van der Waals surface area contributed by atoms with Crippen LogP contribution in [0.25, 0.3) is 0 Å². The van der Waals surface area contributed by atoms with E-state index in [0.717, 1.165) is 35.9 Å². The van der Waals surface area contributed by atoms with Crippen LogP contribution in [-0.2, 0) is 12.6 Å². The lowest BCUT2D eigenvalue weighted by atomic mass is 9.86. The Balaban J connectivity index is 1.89. The lowest BCUT2D eigenvalue weighted by Gasteiger charge is -2.38. The number of hydrogen-bond acceptors (Lipinski definition) is 3. The molecule has 0 saturated carbocycles. The lowest BCUT2D eigenvalue weighted by Crippen LogP contribution is -2.40. The molecular weight excluding hydrogens is 457 g/mol. The topological polar surface area (TPSA) is 38.8 Å². The number of amides is 1. The molecule has 0 fully saturated rings. The van der Waals surface area contributed by atoms with Gasteiger partial charge in [-0.2, -0.15) is 13.2 Å². The van der Waals surface area contributed by atoms with Gasteiger partial charge in [-0.15, -0.1) is 0 Å². The van der Waals surface area contributed by atoms with E-state index in [0.29, 0.717) is 23.5 Å². The summed E-state index contributed by atoms with van der Waals surface area (Å²) in [5.41, 5.74) is 0.574. The zero-order valence-electron chi connectivity index (χ0n) is 18.2. The molecule has 1 heterocycles. The van der Waals surface area contributed by atoms with E-state index in [1.54, 1.807) is 12.1 Å². The first-order valence-electron chi connectivity index (χ1n) is 10.3. The average molecular weight is 477 g/mol. The van der Waals surface area contributed by atoms with Gasteiger partial charge in [0.25, 0.3) is 5.91 Å². The highest BCUT2D eigenvalue weighted by Crippen LogP contribution is 2.42. The Morgan fingerprint density at radius 2 is 1.65 bits per heavy atom. The number of nitrogens with zero attached hydrogens (tertiary/aromatic N) is 1. The van der Waals surface area contributed by atoms with Gasteiger partial charge in [-0.1, -0.05) is 12.1 Å². The molecule has 3 aromatic carbocycles. The number of benzene rings is 3. The van der Waals surface area contributed by atoms with Crippen LogP contribution in [0.4, 0.5) is 22.0 Å². The fourth-order valence-corrected chi connectivity index (χ4v) is 4.20. The SMILES string of the molecule is COc1cc2c(cc1OC)[C@H](c1cccc(C(F)(F)F)c1)N(C(=O)c1ccc(F)c(F)c1)CC2. The van der Waals surface area contributed by atoms with Gasteiger partial charge in [0.15, 0.2) is 23.1 Å². The van der Waals surface area contributed by atoms with Gasteiger partial charge in [0.1, 0.15) is 0 Å². The van der Waals surface area contributed by atoms with Gasteiger partial charge >= 0.3 is 6.18 Å². The molecule has 0 bridgehead atoms. The molecule has 1 aliphatic rings. The van der Waals surface area contributed by atoms with Gasteiger partial charge in [0, 0.05) is 12.1 Å². The fraction of sp³-hybridized carbons (Fsp3) is 0.240. The second-order valence-electron chi connectivity index (χ2n) is 7.81. The molecule has 0 unspecified atom stereocenters. The van der Waals surface area contributed by atoms with Crippen LogP contribution in [0.2, 0.25) is 0 Å². The third-order valence-corrected chi connectivity index (χ3v) is 5.83. The summed E-state index contributed by atoms with van der Waals surface area (Å²) in [6.07, 6.45) is -4.21. The molecule has 1 atom stereocenters. The van der Waals surface area contributed by atoms with E-state index in [4.69, 9.17) is 9.47 Å². The number of rotatable bonds is 4. The van der Waals surface area contributed by atoms with Crippen LogP contribution in [0, 0.1) is 11.6 Å². The zero-order chi connectivity index (χ0) is 24.6. The molecule has 1 aliphatic heterocycles. The first-order chi connectivity index (χ1) is 16.1. The van der Waals surface area contributed by atoms with Crippen molar-refractivity contribution < 1.29 is 36.2 Å². The quantitative estimate of drug-likeness (QED) is 0.447. The van der Waals surface area contributed by atoms with Crippen molar-refractivity contribution in [3.63, 3.8) is 0 Å². The molecule has 178 valence electrons. The van der Waals surface area contributed by atoms with Crippen molar-refractivity contribution in [2.75, 3.05) is 20.8 Å². The maximum absolute atomic E-state index is 13.8. The summed E-state index contributed by atoms with van der Waals surface area (Å²) in [5, 5.41) is 0. The second kappa shape index (κ2) is 8.96. The Morgan fingerprint density at radius 1 is 0.941 bits per heavy atom. The number of ether oxygens (including phenoxy) is 2. The number of alkyl halides is 3. The Kier molecular flexibility index (Phi) is 6.20. The number of halogens is 5. The first kappa shape index (κ1) is 23.5. The molecule has 0 saturated heterocycles. The van der Waals surface area contributed by atoms with Crippen LogP contribution in [-0.4, -0.2) is 31.6 Å². The summed E-state index contributed by atoms with van der Waals surface area (Å²) < 4.78 is 78.3. The van der Waals surface area contributed by atoms with Crippen molar-refractivity contribution in [1.29, 1.82) is 0 Å². The Hall–Kier alpha value is -3.62. The highest BCUT2D eigenvalue weighted by atomic mass is 19.4. The normalized spacial score (nSPS) is 15.6. The minimum absolute atomic E-state index is 0.111. The number of methoxy groups -OCH3 is 2. The summed E-state index contributed by atoms with van der Waals surface area (Å²) in [6.45, 7) is 0.140. The maximum atomic E-state index is 13.8. The molecule has 0 N–H and O–H groups in total. The van der Waals surface area contributed by atoms with Gasteiger partial charge in [-0.25, -0.2) is 8.78 Å². The zero-order valence-corrected chi connectivity index (χ0v) is 18.2. The van der Waals surface area contributed by atoms with E-state index in [-0.39, 0.29) is 17.7 Å². The summed E-state index contributed by atoms with van der Waals surface area (Å²) in [6, 6.07) is 9.91. The van der Waals surface area contributed by atoms with Crippen LogP contribution in [0.5, 0.6) is 11.5 Å².